The van der Waals surface area contributed by atoms with Crippen molar-refractivity contribution in [2.24, 2.45) is 5.73 Å². The first-order valence-electron chi connectivity index (χ1n) is 9.75. The van der Waals surface area contributed by atoms with Crippen LogP contribution in [0.4, 0.5) is 4.39 Å². The van der Waals surface area contributed by atoms with Gasteiger partial charge in [0.2, 0.25) is 5.91 Å². The van der Waals surface area contributed by atoms with E-state index >= 15 is 0 Å². The van der Waals surface area contributed by atoms with Crippen LogP contribution < -0.4 is 5.73 Å². The molecule has 0 radical (unpaired) electrons. The summed E-state index contributed by atoms with van der Waals surface area (Å²) in [7, 11) is 0. The molecular weight excluding hydrogens is 385 g/mol. The summed E-state index contributed by atoms with van der Waals surface area (Å²) in [6.07, 6.45) is 0. The third kappa shape index (κ3) is 5.09. The monoisotopic (exact) mass is 409 g/mol. The minimum absolute atomic E-state index is 0.199. The molecule has 1 saturated heterocycles. The quantitative estimate of drug-likeness (QED) is 0.670. The minimum atomic E-state index is -0.384. The number of nitrogens with two attached hydrogens (primary N) is 1. The maximum Gasteiger partial charge on any atom is 0.248 e. The number of nitrogens with zero attached hydrogens (tertiary/aromatic N) is 2. The number of halogens is 1. The van der Waals surface area contributed by atoms with Gasteiger partial charge in [-0.25, -0.2) is 4.39 Å². The van der Waals surface area contributed by atoms with E-state index < -0.39 is 0 Å². The smallest absolute Gasteiger partial charge is 0.248 e. The normalized spacial score (nSPS) is 15.5. The van der Waals surface area contributed by atoms with Gasteiger partial charge in [0.15, 0.2) is 0 Å². The van der Waals surface area contributed by atoms with Gasteiger partial charge in [-0.2, -0.15) is 0 Å². The van der Waals surface area contributed by atoms with Crippen molar-refractivity contribution in [3.8, 4) is 10.4 Å². The van der Waals surface area contributed by atoms with Gasteiger partial charge in [0.25, 0.3) is 0 Å². The van der Waals surface area contributed by atoms with E-state index in [1.165, 1.54) is 10.9 Å². The number of primary amides is 1. The highest BCUT2D eigenvalue weighted by Gasteiger charge is 2.18. The Labute approximate surface area is 174 Å². The second-order valence-electron chi connectivity index (χ2n) is 7.39. The zero-order valence-corrected chi connectivity index (χ0v) is 17.0. The van der Waals surface area contributed by atoms with Crippen molar-refractivity contribution < 1.29 is 9.18 Å². The molecule has 2 heterocycles. The average molecular weight is 410 g/mol. The molecule has 1 fully saturated rings. The Bertz CT molecular complexity index is 995. The molecule has 1 amide bonds. The molecule has 2 aromatic carbocycles. The second kappa shape index (κ2) is 8.86. The molecule has 3 aromatic rings. The lowest BCUT2D eigenvalue weighted by molar-refractivity contribution is 0.0999. The Balaban J connectivity index is 1.30. The van der Waals surface area contributed by atoms with Crippen LogP contribution in [0, 0.1) is 5.82 Å². The zero-order chi connectivity index (χ0) is 20.2. The molecule has 6 heteroatoms. The molecule has 2 N–H and O–H groups in total. The van der Waals surface area contributed by atoms with Gasteiger partial charge >= 0.3 is 0 Å². The van der Waals surface area contributed by atoms with Crippen molar-refractivity contribution in [2.45, 2.75) is 13.1 Å². The van der Waals surface area contributed by atoms with E-state index in [0.717, 1.165) is 55.3 Å². The molecule has 0 unspecified atom stereocenters. The van der Waals surface area contributed by atoms with Crippen molar-refractivity contribution in [3.05, 3.63) is 82.5 Å². The summed E-state index contributed by atoms with van der Waals surface area (Å²) < 4.78 is 13.5. The number of rotatable bonds is 6. The predicted molar refractivity (Wildman–Crippen MR) is 115 cm³/mol. The summed E-state index contributed by atoms with van der Waals surface area (Å²) in [5.41, 5.74) is 7.99. The molecule has 1 aliphatic rings. The molecule has 1 aromatic heterocycles. The lowest BCUT2D eigenvalue weighted by Gasteiger charge is -2.34. The summed E-state index contributed by atoms with van der Waals surface area (Å²) in [5.74, 6) is -0.583. The highest BCUT2D eigenvalue weighted by Crippen LogP contribution is 2.29. The van der Waals surface area contributed by atoms with Crippen LogP contribution in [0.25, 0.3) is 10.4 Å². The molecule has 4 rings (SSSR count). The predicted octanol–water partition coefficient (Wildman–Crippen LogP) is 3.97. The molecule has 0 aliphatic carbocycles. The van der Waals surface area contributed by atoms with Gasteiger partial charge in [-0.3, -0.25) is 14.6 Å². The second-order valence-corrected chi connectivity index (χ2v) is 8.56. The van der Waals surface area contributed by atoms with Crippen molar-refractivity contribution in [3.63, 3.8) is 0 Å². The average Bonchev–Trinajstić information content (AvgIpc) is 3.18. The van der Waals surface area contributed by atoms with Crippen LogP contribution >= 0.6 is 11.3 Å². The third-order valence-corrected chi connectivity index (χ3v) is 6.35. The van der Waals surface area contributed by atoms with E-state index in [1.807, 2.05) is 24.3 Å². The largest absolute Gasteiger partial charge is 0.366 e. The standard InChI is InChI=1S/C23H24FN3OS/c24-20-6-2-4-18(14-20)22-8-7-21(29-22)16-27-11-9-26(10-12-27)15-17-3-1-5-19(13-17)23(25)28/h1-8,13-14H,9-12,15-16H2,(H2,25,28). The highest BCUT2D eigenvalue weighted by molar-refractivity contribution is 7.15. The number of amides is 1. The molecule has 150 valence electrons. The molecule has 4 nitrogen and oxygen atoms in total. The summed E-state index contributed by atoms with van der Waals surface area (Å²) in [4.78, 5) is 18.6. The maximum atomic E-state index is 13.5. The van der Waals surface area contributed by atoms with Crippen molar-refractivity contribution in [1.82, 2.24) is 9.80 Å². The fourth-order valence-corrected chi connectivity index (χ4v) is 4.71. The summed E-state index contributed by atoms with van der Waals surface area (Å²) in [6.45, 7) is 5.74. The fourth-order valence-electron chi connectivity index (χ4n) is 3.67. The van der Waals surface area contributed by atoms with Crippen LogP contribution in [-0.2, 0) is 13.1 Å². The molecule has 0 spiro atoms. The van der Waals surface area contributed by atoms with E-state index in [0.29, 0.717) is 5.56 Å². The van der Waals surface area contributed by atoms with Gasteiger partial charge in [-0.15, -0.1) is 11.3 Å². The SMILES string of the molecule is NC(=O)c1cccc(CN2CCN(Cc3ccc(-c4cccc(F)c4)s3)CC2)c1. The topological polar surface area (TPSA) is 49.6 Å². The molecule has 0 atom stereocenters. The van der Waals surface area contributed by atoms with Crippen LogP contribution in [0.5, 0.6) is 0 Å². The Morgan fingerprint density at radius 3 is 2.38 bits per heavy atom. The molecular formula is C23H24FN3OS. The van der Waals surface area contributed by atoms with Crippen LogP contribution in [0.1, 0.15) is 20.8 Å². The summed E-state index contributed by atoms with van der Waals surface area (Å²) in [5, 5.41) is 0. The van der Waals surface area contributed by atoms with Crippen molar-refractivity contribution in [2.75, 3.05) is 26.2 Å². The van der Waals surface area contributed by atoms with Gasteiger partial charge in [-0.1, -0.05) is 24.3 Å². The van der Waals surface area contributed by atoms with Crippen molar-refractivity contribution in [1.29, 1.82) is 0 Å². The lowest BCUT2D eigenvalue weighted by Crippen LogP contribution is -2.45. The zero-order valence-electron chi connectivity index (χ0n) is 16.2. The molecule has 0 saturated carbocycles. The number of hydrogen-bond acceptors (Lipinski definition) is 4. The minimum Gasteiger partial charge on any atom is -0.366 e. The van der Waals surface area contributed by atoms with Crippen LogP contribution in [0.15, 0.2) is 60.7 Å². The number of benzene rings is 2. The Morgan fingerprint density at radius 2 is 1.66 bits per heavy atom. The van der Waals surface area contributed by atoms with E-state index in [9.17, 15) is 9.18 Å². The number of piperazine rings is 1. The Morgan fingerprint density at radius 1 is 0.931 bits per heavy atom. The van der Waals surface area contributed by atoms with Gasteiger partial charge < -0.3 is 5.73 Å². The number of hydrogen-bond donors (Lipinski definition) is 1. The first-order chi connectivity index (χ1) is 14.1. The van der Waals surface area contributed by atoms with Crippen LogP contribution in [-0.4, -0.2) is 41.9 Å². The molecule has 0 bridgehead atoms. The first kappa shape index (κ1) is 19.8. The first-order valence-corrected chi connectivity index (χ1v) is 10.6. The lowest BCUT2D eigenvalue weighted by atomic mass is 10.1. The number of thiophene rings is 1. The van der Waals surface area contributed by atoms with Crippen LogP contribution in [0.2, 0.25) is 0 Å². The fraction of sp³-hybridized carbons (Fsp3) is 0.261. The van der Waals surface area contributed by atoms with E-state index in [-0.39, 0.29) is 11.7 Å². The Hall–Kier alpha value is -2.54. The van der Waals surface area contributed by atoms with Crippen molar-refractivity contribution >= 4 is 17.2 Å². The van der Waals surface area contributed by atoms with Gasteiger partial charge in [-0.05, 0) is 47.5 Å². The third-order valence-electron chi connectivity index (χ3n) is 5.23. The molecule has 1 aliphatic heterocycles. The van der Waals surface area contributed by atoms with Crippen LogP contribution in [0.3, 0.4) is 0 Å². The van der Waals surface area contributed by atoms with E-state index in [2.05, 4.69) is 21.9 Å². The summed E-state index contributed by atoms with van der Waals surface area (Å²) in [6, 6.07) is 18.5. The summed E-state index contributed by atoms with van der Waals surface area (Å²) >= 11 is 1.73. The molecule has 29 heavy (non-hydrogen) atoms. The van der Waals surface area contributed by atoms with Gasteiger partial charge in [0, 0.05) is 54.6 Å². The van der Waals surface area contributed by atoms with E-state index in [1.54, 1.807) is 29.5 Å². The maximum absolute atomic E-state index is 13.5. The highest BCUT2D eigenvalue weighted by atomic mass is 32.1. The van der Waals surface area contributed by atoms with E-state index in [4.69, 9.17) is 5.73 Å². The van der Waals surface area contributed by atoms with Gasteiger partial charge in [0.05, 0.1) is 0 Å². The number of carbonyl (C=O) groups is 1. The Kier molecular flexibility index (Phi) is 6.04. The van der Waals surface area contributed by atoms with Gasteiger partial charge in [0.1, 0.15) is 5.82 Å². The number of carbonyl (C=O) groups excluding carboxylic acids is 1.